The van der Waals surface area contributed by atoms with Crippen LogP contribution < -0.4 is 10.1 Å². The predicted molar refractivity (Wildman–Crippen MR) is 143 cm³/mol. The molecule has 2 aromatic carbocycles. The summed E-state index contributed by atoms with van der Waals surface area (Å²) in [6.07, 6.45) is 0. The molecule has 0 bridgehead atoms. The molecule has 1 amide bonds. The Balaban J connectivity index is 1.34. The predicted octanol–water partition coefficient (Wildman–Crippen LogP) is 6.65. The number of halogens is 2. The van der Waals surface area contributed by atoms with Gasteiger partial charge in [-0.2, -0.15) is 0 Å². The van der Waals surface area contributed by atoms with Crippen molar-refractivity contribution in [1.29, 1.82) is 0 Å². The van der Waals surface area contributed by atoms with Crippen molar-refractivity contribution in [2.45, 2.75) is 39.1 Å². The van der Waals surface area contributed by atoms with Crippen molar-refractivity contribution >= 4 is 57.3 Å². The van der Waals surface area contributed by atoms with Gasteiger partial charge < -0.3 is 14.6 Å². The highest BCUT2D eigenvalue weighted by Crippen LogP contribution is 2.32. The highest BCUT2D eigenvalue weighted by molar-refractivity contribution is 7.99. The summed E-state index contributed by atoms with van der Waals surface area (Å²) in [4.78, 5) is 17.0. The third-order valence-corrected chi connectivity index (χ3v) is 7.36. The number of hydrogen-bond donors (Lipinski definition) is 1. The molecule has 4 aromatic rings. The zero-order valence-corrected chi connectivity index (χ0v) is 22.5. The van der Waals surface area contributed by atoms with Crippen LogP contribution in [0.5, 0.6) is 5.75 Å². The molecular formula is C24H23Cl2N5O2S2. The molecule has 0 saturated carbocycles. The molecule has 0 spiro atoms. The lowest BCUT2D eigenvalue weighted by Gasteiger charge is -2.11. The fourth-order valence-electron chi connectivity index (χ4n) is 3.39. The average Bonchev–Trinajstić information content (AvgIpc) is 3.43. The van der Waals surface area contributed by atoms with E-state index >= 15 is 0 Å². The zero-order chi connectivity index (χ0) is 24.9. The van der Waals surface area contributed by atoms with Gasteiger partial charge in [-0.15, -0.1) is 21.5 Å². The Morgan fingerprint density at radius 1 is 1.17 bits per heavy atom. The van der Waals surface area contributed by atoms with Crippen molar-refractivity contribution in [3.63, 3.8) is 0 Å². The molecule has 182 valence electrons. The van der Waals surface area contributed by atoms with Crippen molar-refractivity contribution < 1.29 is 9.53 Å². The Morgan fingerprint density at radius 3 is 2.74 bits per heavy atom. The maximum atomic E-state index is 12.5. The number of aromatic nitrogens is 4. The van der Waals surface area contributed by atoms with E-state index in [1.807, 2.05) is 42.9 Å². The Hall–Kier alpha value is -2.59. The molecule has 0 radical (unpaired) electrons. The first kappa shape index (κ1) is 25.5. The first-order valence-electron chi connectivity index (χ1n) is 10.8. The number of anilines is 1. The number of thiazole rings is 1. The number of nitrogens with zero attached hydrogens (tertiary/aromatic N) is 4. The van der Waals surface area contributed by atoms with E-state index in [4.69, 9.17) is 27.9 Å². The Morgan fingerprint density at radius 2 is 2.00 bits per heavy atom. The number of benzene rings is 2. The second-order valence-corrected chi connectivity index (χ2v) is 10.3. The first-order chi connectivity index (χ1) is 16.8. The van der Waals surface area contributed by atoms with Gasteiger partial charge in [0.2, 0.25) is 5.91 Å². The summed E-state index contributed by atoms with van der Waals surface area (Å²) < 4.78 is 7.91. The smallest absolute Gasteiger partial charge is 0.236 e. The number of thioether (sulfide) groups is 1. The number of amides is 1. The normalized spacial score (nSPS) is 11.0. The molecule has 4 rings (SSSR count). The molecule has 0 aliphatic carbocycles. The molecule has 0 aliphatic rings. The Labute approximate surface area is 221 Å². The van der Waals surface area contributed by atoms with Crippen molar-refractivity contribution in [3.05, 3.63) is 68.8 Å². The summed E-state index contributed by atoms with van der Waals surface area (Å²) in [5.74, 6) is 1.52. The standard InChI is InChI=1S/C24H23Cl2N5O2S2/c1-4-31-21(11-33-20-8-5-14(2)9-15(20)3)29-30-24(31)35-13-22(32)28-23-27-19(12-34-23)17-7-6-16(25)10-18(17)26/h5-10,12H,4,11,13H2,1-3H3,(H,27,28,32). The maximum Gasteiger partial charge on any atom is 0.236 e. The van der Waals surface area contributed by atoms with E-state index in [-0.39, 0.29) is 11.7 Å². The molecule has 2 heterocycles. The number of hydrogen-bond acceptors (Lipinski definition) is 7. The van der Waals surface area contributed by atoms with Gasteiger partial charge in [-0.25, -0.2) is 4.98 Å². The fraction of sp³-hybridized carbons (Fsp3) is 0.250. The number of rotatable bonds is 9. The van der Waals surface area contributed by atoms with Crippen LogP contribution in [0.2, 0.25) is 10.0 Å². The largest absolute Gasteiger partial charge is 0.485 e. The molecule has 0 aliphatic heterocycles. The van der Waals surface area contributed by atoms with Gasteiger partial charge in [0.25, 0.3) is 0 Å². The summed E-state index contributed by atoms with van der Waals surface area (Å²) in [5, 5.41) is 15.4. The number of ether oxygens (including phenoxy) is 1. The minimum atomic E-state index is -0.183. The monoisotopic (exact) mass is 547 g/mol. The summed E-state index contributed by atoms with van der Waals surface area (Å²) in [7, 11) is 0. The lowest BCUT2D eigenvalue weighted by atomic mass is 10.1. The van der Waals surface area contributed by atoms with E-state index < -0.39 is 0 Å². The molecular weight excluding hydrogens is 525 g/mol. The Kier molecular flexibility index (Phi) is 8.33. The van der Waals surface area contributed by atoms with Gasteiger partial charge in [0.15, 0.2) is 16.1 Å². The third kappa shape index (κ3) is 6.35. The van der Waals surface area contributed by atoms with Gasteiger partial charge in [0.1, 0.15) is 12.4 Å². The van der Waals surface area contributed by atoms with Crippen molar-refractivity contribution in [2.24, 2.45) is 0 Å². The molecule has 7 nitrogen and oxygen atoms in total. The molecule has 35 heavy (non-hydrogen) atoms. The van der Waals surface area contributed by atoms with Gasteiger partial charge in [0.05, 0.1) is 16.5 Å². The highest BCUT2D eigenvalue weighted by Gasteiger charge is 2.16. The second kappa shape index (κ2) is 11.4. The molecule has 2 aromatic heterocycles. The van der Waals surface area contributed by atoms with Crippen LogP contribution >= 0.6 is 46.3 Å². The molecule has 1 N–H and O–H groups in total. The third-order valence-electron chi connectivity index (χ3n) is 5.09. The van der Waals surface area contributed by atoms with Crippen molar-refractivity contribution in [3.8, 4) is 17.0 Å². The molecule has 0 unspecified atom stereocenters. The molecule has 11 heteroatoms. The van der Waals surface area contributed by atoms with Gasteiger partial charge >= 0.3 is 0 Å². The van der Waals surface area contributed by atoms with E-state index in [9.17, 15) is 4.79 Å². The lowest BCUT2D eigenvalue weighted by molar-refractivity contribution is -0.113. The SMILES string of the molecule is CCn1c(COc2ccc(C)cc2C)nnc1SCC(=O)Nc1nc(-c2ccc(Cl)cc2Cl)cs1. The maximum absolute atomic E-state index is 12.5. The highest BCUT2D eigenvalue weighted by atomic mass is 35.5. The summed E-state index contributed by atoms with van der Waals surface area (Å²) in [6.45, 7) is 7.04. The quantitative estimate of drug-likeness (QED) is 0.236. The minimum Gasteiger partial charge on any atom is -0.485 e. The van der Waals surface area contributed by atoms with Crippen LogP contribution in [0.1, 0.15) is 23.9 Å². The first-order valence-corrected chi connectivity index (χ1v) is 13.4. The number of aryl methyl sites for hydroxylation is 2. The van der Waals surface area contributed by atoms with E-state index in [1.54, 1.807) is 18.2 Å². The van der Waals surface area contributed by atoms with Crippen LogP contribution in [0.25, 0.3) is 11.3 Å². The van der Waals surface area contributed by atoms with Crippen LogP contribution in [0.3, 0.4) is 0 Å². The topological polar surface area (TPSA) is 81.9 Å². The van der Waals surface area contributed by atoms with Gasteiger partial charge in [-0.05, 0) is 50.6 Å². The van der Waals surface area contributed by atoms with Gasteiger partial charge in [-0.1, -0.05) is 52.7 Å². The lowest BCUT2D eigenvalue weighted by Crippen LogP contribution is -2.14. The average molecular weight is 549 g/mol. The van der Waals surface area contributed by atoms with Gasteiger partial charge in [-0.3, -0.25) is 4.79 Å². The summed E-state index contributed by atoms with van der Waals surface area (Å²) in [6, 6.07) is 11.3. The zero-order valence-electron chi connectivity index (χ0n) is 19.3. The molecule has 0 fully saturated rings. The van der Waals surface area contributed by atoms with Crippen LogP contribution in [-0.4, -0.2) is 31.4 Å². The second-order valence-electron chi connectivity index (χ2n) is 7.70. The van der Waals surface area contributed by atoms with E-state index in [0.717, 1.165) is 16.9 Å². The van der Waals surface area contributed by atoms with Crippen LogP contribution in [-0.2, 0) is 17.9 Å². The Bertz CT molecular complexity index is 1360. The van der Waals surface area contributed by atoms with Crippen molar-refractivity contribution in [2.75, 3.05) is 11.1 Å². The number of carbonyl (C=O) groups is 1. The fourth-order valence-corrected chi connectivity index (χ4v) is 5.44. The summed E-state index contributed by atoms with van der Waals surface area (Å²) in [5.41, 5.74) is 3.70. The van der Waals surface area contributed by atoms with Crippen LogP contribution in [0.4, 0.5) is 5.13 Å². The summed E-state index contributed by atoms with van der Waals surface area (Å²) >= 11 is 14.9. The van der Waals surface area contributed by atoms with E-state index in [0.29, 0.717) is 45.0 Å². The number of carbonyl (C=O) groups excluding carboxylic acids is 1. The van der Waals surface area contributed by atoms with Crippen LogP contribution in [0.15, 0.2) is 46.9 Å². The van der Waals surface area contributed by atoms with Gasteiger partial charge in [0, 0.05) is 22.5 Å². The number of nitrogens with one attached hydrogen (secondary N) is 1. The van der Waals surface area contributed by atoms with E-state index in [2.05, 4.69) is 26.6 Å². The minimum absolute atomic E-state index is 0.173. The molecule has 0 atom stereocenters. The molecule has 0 saturated heterocycles. The van der Waals surface area contributed by atoms with Crippen LogP contribution in [0, 0.1) is 13.8 Å². The van der Waals surface area contributed by atoms with Crippen molar-refractivity contribution in [1.82, 2.24) is 19.7 Å². The van der Waals surface area contributed by atoms with E-state index in [1.165, 1.54) is 28.7 Å².